The Morgan fingerprint density at radius 3 is 2.50 bits per heavy atom. The van der Waals surface area contributed by atoms with E-state index in [-0.39, 0.29) is 6.42 Å². The topological polar surface area (TPSA) is 86.8 Å². The Labute approximate surface area is 182 Å². The number of methoxy groups -OCH3 is 2. The van der Waals surface area contributed by atoms with Crippen molar-refractivity contribution in [1.82, 2.24) is 4.98 Å². The summed E-state index contributed by atoms with van der Waals surface area (Å²) in [5, 5.41) is 5.42. The van der Waals surface area contributed by atoms with Crippen LogP contribution >= 0.6 is 22.9 Å². The molecule has 0 radical (unpaired) electrons. The van der Waals surface area contributed by atoms with Crippen LogP contribution in [0.4, 0.5) is 5.13 Å². The van der Waals surface area contributed by atoms with Crippen LogP contribution in [0.2, 0.25) is 5.02 Å². The summed E-state index contributed by atoms with van der Waals surface area (Å²) in [4.78, 5) is 28.3. The molecular weight excluding hydrogens is 428 g/mol. The maximum atomic E-state index is 12.1. The quantitative estimate of drug-likeness (QED) is 0.522. The average Bonchev–Trinajstić information content (AvgIpc) is 3.21. The molecular formula is C21H19ClN2O5S. The highest BCUT2D eigenvalue weighted by molar-refractivity contribution is 7.14. The van der Waals surface area contributed by atoms with Crippen molar-refractivity contribution in [2.75, 3.05) is 26.1 Å². The first-order valence-electron chi connectivity index (χ1n) is 8.86. The van der Waals surface area contributed by atoms with Gasteiger partial charge in [0.2, 0.25) is 0 Å². The van der Waals surface area contributed by atoms with Crippen LogP contribution < -0.4 is 14.8 Å². The van der Waals surface area contributed by atoms with Gasteiger partial charge < -0.3 is 14.2 Å². The van der Waals surface area contributed by atoms with E-state index in [1.165, 1.54) is 11.3 Å². The van der Waals surface area contributed by atoms with Crippen molar-refractivity contribution in [2.24, 2.45) is 0 Å². The molecule has 9 heteroatoms. The molecule has 7 nitrogen and oxygen atoms in total. The van der Waals surface area contributed by atoms with Gasteiger partial charge in [-0.1, -0.05) is 23.7 Å². The molecule has 0 saturated carbocycles. The van der Waals surface area contributed by atoms with E-state index in [4.69, 9.17) is 25.8 Å². The van der Waals surface area contributed by atoms with Crippen LogP contribution in [0.3, 0.4) is 0 Å². The first kappa shape index (κ1) is 21.6. The fourth-order valence-corrected chi connectivity index (χ4v) is 3.44. The minimum atomic E-state index is -0.502. The van der Waals surface area contributed by atoms with Gasteiger partial charge in [0.25, 0.3) is 5.91 Å². The molecule has 0 saturated heterocycles. The van der Waals surface area contributed by atoms with Crippen molar-refractivity contribution in [3.05, 3.63) is 58.4 Å². The number of esters is 1. The summed E-state index contributed by atoms with van der Waals surface area (Å²) in [6.07, 6.45) is 0.0607. The molecule has 1 N–H and O–H groups in total. The normalized spacial score (nSPS) is 10.4. The summed E-state index contributed by atoms with van der Waals surface area (Å²) in [7, 11) is 3.12. The number of nitrogens with zero attached hydrogens (tertiary/aromatic N) is 1. The molecule has 1 heterocycles. The maximum absolute atomic E-state index is 12.1. The van der Waals surface area contributed by atoms with E-state index < -0.39 is 18.5 Å². The predicted octanol–water partition coefficient (Wildman–Crippen LogP) is 4.21. The Balaban J connectivity index is 1.53. The highest BCUT2D eigenvalue weighted by Gasteiger charge is 2.13. The predicted molar refractivity (Wildman–Crippen MR) is 115 cm³/mol. The lowest BCUT2D eigenvalue weighted by Crippen LogP contribution is -2.21. The third-order valence-corrected chi connectivity index (χ3v) is 5.07. The Morgan fingerprint density at radius 1 is 1.07 bits per heavy atom. The smallest absolute Gasteiger partial charge is 0.310 e. The maximum Gasteiger partial charge on any atom is 0.310 e. The second-order valence-corrected chi connectivity index (χ2v) is 7.41. The summed E-state index contributed by atoms with van der Waals surface area (Å²) >= 11 is 7.08. The van der Waals surface area contributed by atoms with E-state index in [9.17, 15) is 9.59 Å². The Bertz CT molecular complexity index is 1040. The summed E-state index contributed by atoms with van der Waals surface area (Å²) < 4.78 is 15.5. The van der Waals surface area contributed by atoms with E-state index in [0.717, 1.165) is 11.1 Å². The molecule has 3 rings (SSSR count). The second-order valence-electron chi connectivity index (χ2n) is 6.12. The first-order valence-corrected chi connectivity index (χ1v) is 10.1. The van der Waals surface area contributed by atoms with Gasteiger partial charge in [-0.15, -0.1) is 11.3 Å². The number of anilines is 1. The molecule has 0 atom stereocenters. The highest BCUT2D eigenvalue weighted by atomic mass is 35.5. The first-order chi connectivity index (χ1) is 14.5. The van der Waals surface area contributed by atoms with E-state index >= 15 is 0 Å². The van der Waals surface area contributed by atoms with Gasteiger partial charge in [-0.2, -0.15) is 0 Å². The van der Waals surface area contributed by atoms with Gasteiger partial charge >= 0.3 is 5.97 Å². The molecule has 0 aliphatic heterocycles. The number of carbonyl (C=O) groups excluding carboxylic acids is 2. The lowest BCUT2D eigenvalue weighted by atomic mass is 10.1. The third kappa shape index (κ3) is 5.71. The number of rotatable bonds is 8. The van der Waals surface area contributed by atoms with E-state index in [1.807, 2.05) is 11.4 Å². The van der Waals surface area contributed by atoms with Crippen LogP contribution in [-0.4, -0.2) is 37.7 Å². The fraction of sp³-hybridized carbons (Fsp3) is 0.190. The minimum Gasteiger partial charge on any atom is -0.493 e. The standard InChI is InChI=1S/C21H19ClN2O5S/c1-27-17-8-5-14(10-18(17)28-2)16-12-30-21(23-16)24-19(25)11-29-20(26)9-13-3-6-15(22)7-4-13/h3-8,10,12H,9,11H2,1-2H3,(H,23,24,25). The lowest BCUT2D eigenvalue weighted by molar-refractivity contribution is -0.146. The average molecular weight is 447 g/mol. The molecule has 2 aromatic carbocycles. The Kier molecular flexibility index (Phi) is 7.26. The van der Waals surface area contributed by atoms with Crippen molar-refractivity contribution in [2.45, 2.75) is 6.42 Å². The van der Waals surface area contributed by atoms with Gasteiger partial charge in [-0.05, 0) is 35.9 Å². The van der Waals surface area contributed by atoms with E-state index in [1.54, 1.807) is 50.6 Å². The lowest BCUT2D eigenvalue weighted by Gasteiger charge is -2.08. The van der Waals surface area contributed by atoms with Crippen molar-refractivity contribution in [1.29, 1.82) is 0 Å². The number of nitrogens with one attached hydrogen (secondary N) is 1. The van der Waals surface area contributed by atoms with Crippen LogP contribution in [0.15, 0.2) is 47.8 Å². The zero-order valence-corrected chi connectivity index (χ0v) is 17.9. The second kappa shape index (κ2) is 10.1. The summed E-state index contributed by atoms with van der Waals surface area (Å²) in [5.74, 6) is 0.233. The summed E-state index contributed by atoms with van der Waals surface area (Å²) in [5.41, 5.74) is 2.25. The zero-order chi connectivity index (χ0) is 21.5. The molecule has 3 aromatic rings. The van der Waals surface area contributed by atoms with Crippen LogP contribution in [0.1, 0.15) is 5.56 Å². The molecule has 0 bridgehead atoms. The van der Waals surface area contributed by atoms with Gasteiger partial charge in [0.05, 0.1) is 26.3 Å². The number of amides is 1. The highest BCUT2D eigenvalue weighted by Crippen LogP contribution is 2.33. The van der Waals surface area contributed by atoms with Crippen molar-refractivity contribution < 1.29 is 23.8 Å². The monoisotopic (exact) mass is 446 g/mol. The number of benzene rings is 2. The van der Waals surface area contributed by atoms with Crippen LogP contribution in [0, 0.1) is 0 Å². The molecule has 0 aliphatic rings. The number of hydrogen-bond donors (Lipinski definition) is 1. The Morgan fingerprint density at radius 2 is 1.80 bits per heavy atom. The van der Waals surface area contributed by atoms with Crippen LogP contribution in [-0.2, 0) is 20.7 Å². The zero-order valence-electron chi connectivity index (χ0n) is 16.3. The van der Waals surface area contributed by atoms with Gasteiger partial charge in [0.1, 0.15) is 0 Å². The molecule has 1 aromatic heterocycles. The van der Waals surface area contributed by atoms with Crippen molar-refractivity contribution in [3.8, 4) is 22.8 Å². The third-order valence-electron chi connectivity index (χ3n) is 4.06. The number of aromatic nitrogens is 1. The van der Waals surface area contributed by atoms with Crippen molar-refractivity contribution >= 4 is 39.9 Å². The number of ether oxygens (including phenoxy) is 3. The molecule has 0 spiro atoms. The van der Waals surface area contributed by atoms with Gasteiger partial charge in [-0.25, -0.2) is 4.98 Å². The molecule has 30 heavy (non-hydrogen) atoms. The van der Waals surface area contributed by atoms with Gasteiger partial charge in [0, 0.05) is 16.0 Å². The fourth-order valence-electron chi connectivity index (χ4n) is 2.58. The van der Waals surface area contributed by atoms with E-state index in [2.05, 4.69) is 10.3 Å². The molecule has 0 unspecified atom stereocenters. The number of carbonyl (C=O) groups is 2. The largest absolute Gasteiger partial charge is 0.493 e. The van der Waals surface area contributed by atoms with E-state index in [0.29, 0.717) is 27.3 Å². The van der Waals surface area contributed by atoms with Crippen molar-refractivity contribution in [3.63, 3.8) is 0 Å². The molecule has 156 valence electrons. The molecule has 0 aliphatic carbocycles. The van der Waals surface area contributed by atoms with Gasteiger partial charge in [-0.3, -0.25) is 14.9 Å². The molecule has 1 amide bonds. The summed E-state index contributed by atoms with van der Waals surface area (Å²) in [6, 6.07) is 12.3. The number of halogens is 1. The number of thiazole rings is 1. The SMILES string of the molecule is COc1ccc(-c2csc(NC(=O)COC(=O)Cc3ccc(Cl)cc3)n2)cc1OC. The summed E-state index contributed by atoms with van der Waals surface area (Å²) in [6.45, 7) is -0.391. The van der Waals surface area contributed by atoms with Crippen LogP contribution in [0.5, 0.6) is 11.5 Å². The Hall–Kier alpha value is -3.10. The van der Waals surface area contributed by atoms with Gasteiger partial charge in [0.15, 0.2) is 23.2 Å². The minimum absolute atomic E-state index is 0.0607. The number of hydrogen-bond acceptors (Lipinski definition) is 7. The molecule has 0 fully saturated rings. The van der Waals surface area contributed by atoms with Crippen LogP contribution in [0.25, 0.3) is 11.3 Å².